The Bertz CT molecular complexity index is 333. The lowest BCUT2D eigenvalue weighted by Gasteiger charge is -2.27. The molecule has 2 nitrogen and oxygen atoms in total. The number of hydrogen-bond acceptors (Lipinski definition) is 2. The molecule has 0 aliphatic rings. The van der Waals surface area contributed by atoms with E-state index in [9.17, 15) is 9.50 Å². The van der Waals surface area contributed by atoms with Crippen LogP contribution in [0.3, 0.4) is 0 Å². The predicted octanol–water partition coefficient (Wildman–Crippen LogP) is 2.73. The fourth-order valence-corrected chi connectivity index (χ4v) is 1.57. The van der Waals surface area contributed by atoms with E-state index in [1.807, 2.05) is 13.8 Å². The zero-order valence-electron chi connectivity index (χ0n) is 9.56. The van der Waals surface area contributed by atoms with Crippen LogP contribution in [0.25, 0.3) is 0 Å². The third-order valence-electron chi connectivity index (χ3n) is 2.77. The molecule has 0 aromatic heterocycles. The summed E-state index contributed by atoms with van der Waals surface area (Å²) in [6.07, 6.45) is 0.798. The Morgan fingerprint density at radius 3 is 2.62 bits per heavy atom. The first kappa shape index (κ1) is 13.4. The first-order valence-electron chi connectivity index (χ1n) is 5.30. The van der Waals surface area contributed by atoms with Gasteiger partial charge >= 0.3 is 0 Å². The van der Waals surface area contributed by atoms with Crippen LogP contribution in [-0.2, 0) is 6.54 Å². The summed E-state index contributed by atoms with van der Waals surface area (Å²) in [7, 11) is 0. The molecule has 1 aromatic carbocycles. The summed E-state index contributed by atoms with van der Waals surface area (Å²) < 4.78 is 13.1. The number of rotatable bonds is 5. The minimum Gasteiger partial charge on any atom is -0.394 e. The standard InChI is InChI=1S/C12H17ClFNO/c1-3-12(2,8-16)15-7-9-4-10(13)6-11(14)5-9/h4-6,15-16H,3,7-8H2,1-2H3. The van der Waals surface area contributed by atoms with Crippen LogP contribution in [-0.4, -0.2) is 17.3 Å². The molecule has 4 heteroatoms. The van der Waals surface area contributed by atoms with Gasteiger partial charge in [-0.2, -0.15) is 0 Å². The fraction of sp³-hybridized carbons (Fsp3) is 0.500. The molecule has 0 amide bonds. The van der Waals surface area contributed by atoms with Gasteiger partial charge in [-0.05, 0) is 37.1 Å². The molecule has 0 saturated carbocycles. The van der Waals surface area contributed by atoms with Gasteiger partial charge in [0.25, 0.3) is 0 Å². The van der Waals surface area contributed by atoms with Crippen molar-refractivity contribution in [2.24, 2.45) is 0 Å². The molecule has 90 valence electrons. The second kappa shape index (κ2) is 5.62. The van der Waals surface area contributed by atoms with Crippen molar-refractivity contribution in [3.8, 4) is 0 Å². The molecule has 0 saturated heterocycles. The van der Waals surface area contributed by atoms with Crippen LogP contribution >= 0.6 is 11.6 Å². The average molecular weight is 246 g/mol. The number of hydrogen-bond donors (Lipinski definition) is 2. The van der Waals surface area contributed by atoms with E-state index in [4.69, 9.17) is 11.6 Å². The Morgan fingerprint density at radius 1 is 1.44 bits per heavy atom. The van der Waals surface area contributed by atoms with Crippen LogP contribution in [0.4, 0.5) is 4.39 Å². The maximum Gasteiger partial charge on any atom is 0.125 e. The number of nitrogens with one attached hydrogen (secondary N) is 1. The summed E-state index contributed by atoms with van der Waals surface area (Å²) in [6.45, 7) is 4.45. The lowest BCUT2D eigenvalue weighted by molar-refractivity contribution is 0.169. The summed E-state index contributed by atoms with van der Waals surface area (Å²) in [4.78, 5) is 0. The van der Waals surface area contributed by atoms with Gasteiger partial charge in [0, 0.05) is 17.1 Å². The summed E-state index contributed by atoms with van der Waals surface area (Å²) in [5.41, 5.74) is 0.442. The van der Waals surface area contributed by atoms with E-state index in [0.29, 0.717) is 11.6 Å². The second-order valence-corrected chi connectivity index (χ2v) is 4.64. The zero-order chi connectivity index (χ0) is 12.2. The predicted molar refractivity (Wildman–Crippen MR) is 64.0 cm³/mol. The van der Waals surface area contributed by atoms with Gasteiger partial charge in [-0.1, -0.05) is 18.5 Å². The van der Waals surface area contributed by atoms with Crippen molar-refractivity contribution in [2.45, 2.75) is 32.4 Å². The molecule has 0 aliphatic heterocycles. The third-order valence-corrected chi connectivity index (χ3v) is 2.99. The van der Waals surface area contributed by atoms with Crippen LogP contribution in [0.1, 0.15) is 25.8 Å². The van der Waals surface area contributed by atoms with Gasteiger partial charge in [0.15, 0.2) is 0 Å². The lowest BCUT2D eigenvalue weighted by atomic mass is 10.00. The highest BCUT2D eigenvalue weighted by molar-refractivity contribution is 6.30. The quantitative estimate of drug-likeness (QED) is 0.836. The summed E-state index contributed by atoms with van der Waals surface area (Å²) in [6, 6.07) is 4.42. The molecular weight excluding hydrogens is 229 g/mol. The molecule has 1 unspecified atom stereocenters. The molecule has 2 N–H and O–H groups in total. The molecule has 16 heavy (non-hydrogen) atoms. The molecule has 1 rings (SSSR count). The van der Waals surface area contributed by atoms with Crippen molar-refractivity contribution in [2.75, 3.05) is 6.61 Å². The highest BCUT2D eigenvalue weighted by Gasteiger charge is 2.19. The van der Waals surface area contributed by atoms with E-state index >= 15 is 0 Å². The number of halogens is 2. The normalized spacial score (nSPS) is 14.8. The Labute approximate surface area is 100 Å². The third kappa shape index (κ3) is 3.74. The lowest BCUT2D eigenvalue weighted by Crippen LogP contribution is -2.44. The SMILES string of the molecule is CCC(C)(CO)NCc1cc(F)cc(Cl)c1. The van der Waals surface area contributed by atoms with E-state index in [1.54, 1.807) is 6.07 Å². The van der Waals surface area contributed by atoms with Crippen LogP contribution in [0.5, 0.6) is 0 Å². The minimum absolute atomic E-state index is 0.0482. The molecule has 0 aliphatic carbocycles. The van der Waals surface area contributed by atoms with Crippen LogP contribution in [0, 0.1) is 5.82 Å². The number of aliphatic hydroxyl groups is 1. The van der Waals surface area contributed by atoms with Gasteiger partial charge in [0.2, 0.25) is 0 Å². The van der Waals surface area contributed by atoms with Crippen molar-refractivity contribution in [1.82, 2.24) is 5.32 Å². The molecule has 0 fully saturated rings. The van der Waals surface area contributed by atoms with Gasteiger partial charge in [-0.3, -0.25) is 0 Å². The van der Waals surface area contributed by atoms with Crippen molar-refractivity contribution in [3.63, 3.8) is 0 Å². The largest absolute Gasteiger partial charge is 0.394 e. The summed E-state index contributed by atoms with van der Waals surface area (Å²) in [5.74, 6) is -0.341. The van der Waals surface area contributed by atoms with Gasteiger partial charge in [0.05, 0.1) is 6.61 Å². The highest BCUT2D eigenvalue weighted by Crippen LogP contribution is 2.15. The van der Waals surface area contributed by atoms with E-state index in [0.717, 1.165) is 12.0 Å². The minimum atomic E-state index is -0.341. The van der Waals surface area contributed by atoms with Crippen molar-refractivity contribution in [3.05, 3.63) is 34.6 Å². The molecule has 0 spiro atoms. The van der Waals surface area contributed by atoms with Gasteiger partial charge in [-0.15, -0.1) is 0 Å². The molecule has 1 atom stereocenters. The monoisotopic (exact) mass is 245 g/mol. The highest BCUT2D eigenvalue weighted by atomic mass is 35.5. The molecule has 1 aromatic rings. The van der Waals surface area contributed by atoms with Crippen LogP contribution < -0.4 is 5.32 Å². The summed E-state index contributed by atoms with van der Waals surface area (Å²) in [5, 5.41) is 12.8. The summed E-state index contributed by atoms with van der Waals surface area (Å²) >= 11 is 5.75. The van der Waals surface area contributed by atoms with Crippen LogP contribution in [0.15, 0.2) is 18.2 Å². The first-order valence-corrected chi connectivity index (χ1v) is 5.68. The average Bonchev–Trinajstić information content (AvgIpc) is 2.25. The second-order valence-electron chi connectivity index (χ2n) is 4.20. The smallest absolute Gasteiger partial charge is 0.125 e. The first-order chi connectivity index (χ1) is 7.49. The van der Waals surface area contributed by atoms with Crippen molar-refractivity contribution >= 4 is 11.6 Å². The van der Waals surface area contributed by atoms with E-state index < -0.39 is 0 Å². The van der Waals surface area contributed by atoms with Crippen LogP contribution in [0.2, 0.25) is 5.02 Å². The molecule has 0 radical (unpaired) electrons. The van der Waals surface area contributed by atoms with E-state index in [-0.39, 0.29) is 18.0 Å². The van der Waals surface area contributed by atoms with Crippen molar-refractivity contribution < 1.29 is 9.50 Å². The molecule has 0 bridgehead atoms. The Morgan fingerprint density at radius 2 is 2.12 bits per heavy atom. The van der Waals surface area contributed by atoms with Gasteiger partial charge in [-0.25, -0.2) is 4.39 Å². The van der Waals surface area contributed by atoms with Gasteiger partial charge < -0.3 is 10.4 Å². The number of aliphatic hydroxyl groups excluding tert-OH is 1. The number of benzene rings is 1. The Hall–Kier alpha value is -0.640. The topological polar surface area (TPSA) is 32.3 Å². The molecule has 0 heterocycles. The Balaban J connectivity index is 2.67. The maximum atomic E-state index is 13.1. The van der Waals surface area contributed by atoms with Gasteiger partial charge in [0.1, 0.15) is 5.82 Å². The van der Waals surface area contributed by atoms with E-state index in [1.165, 1.54) is 12.1 Å². The van der Waals surface area contributed by atoms with E-state index in [2.05, 4.69) is 5.32 Å². The molecular formula is C12H17ClFNO. The maximum absolute atomic E-state index is 13.1. The van der Waals surface area contributed by atoms with Crippen molar-refractivity contribution in [1.29, 1.82) is 0 Å². The Kier molecular flexibility index (Phi) is 4.71. The fourth-order valence-electron chi connectivity index (χ4n) is 1.32. The zero-order valence-corrected chi connectivity index (χ0v) is 10.3.